The fraction of sp³-hybridized carbons (Fsp3) is 0.455. The van der Waals surface area contributed by atoms with Crippen molar-refractivity contribution in [3.8, 4) is 0 Å². The number of rotatable bonds is 6. The summed E-state index contributed by atoms with van der Waals surface area (Å²) in [4.78, 5) is 0. The van der Waals surface area contributed by atoms with Crippen LogP contribution in [0.1, 0.15) is 5.56 Å². The number of halogens is 1. The van der Waals surface area contributed by atoms with Gasteiger partial charge >= 0.3 is 0 Å². The van der Waals surface area contributed by atoms with Crippen LogP contribution in [0.5, 0.6) is 0 Å². The van der Waals surface area contributed by atoms with Gasteiger partial charge in [0.05, 0.1) is 11.9 Å². The van der Waals surface area contributed by atoms with Crippen LogP contribution in [0.15, 0.2) is 24.3 Å². The molecule has 90 valence electrons. The summed E-state index contributed by atoms with van der Waals surface area (Å²) in [6.07, 6.45) is -0.557. The lowest BCUT2D eigenvalue weighted by atomic mass is 10.2. The van der Waals surface area contributed by atoms with Crippen molar-refractivity contribution in [3.63, 3.8) is 0 Å². The minimum atomic E-state index is -1.04. The average molecular weight is 262 g/mol. The normalized spacial score (nSPS) is 14.7. The summed E-state index contributed by atoms with van der Waals surface area (Å²) >= 11 is 5.75. The Morgan fingerprint density at radius 1 is 1.44 bits per heavy atom. The number of hydrogen-bond acceptors (Lipinski definition) is 3. The Morgan fingerprint density at radius 3 is 2.62 bits per heavy atom. The maximum atomic E-state index is 11.7. The predicted octanol–water partition coefficient (Wildman–Crippen LogP) is 1.17. The molecule has 0 aliphatic rings. The third-order valence-corrected chi connectivity index (χ3v) is 3.72. The van der Waals surface area contributed by atoms with Gasteiger partial charge in [-0.1, -0.05) is 23.7 Å². The van der Waals surface area contributed by atoms with Crippen molar-refractivity contribution in [2.24, 2.45) is 0 Å². The molecular formula is C11H16ClNO2S. The molecule has 2 atom stereocenters. The van der Waals surface area contributed by atoms with E-state index in [-0.39, 0.29) is 0 Å². The van der Waals surface area contributed by atoms with Crippen molar-refractivity contribution in [2.75, 3.05) is 19.3 Å². The van der Waals surface area contributed by atoms with Crippen molar-refractivity contribution in [1.29, 1.82) is 0 Å². The second-order valence-corrected chi connectivity index (χ2v) is 5.53. The summed E-state index contributed by atoms with van der Waals surface area (Å²) < 4.78 is 11.7. The van der Waals surface area contributed by atoms with Crippen LogP contribution in [0.2, 0.25) is 5.02 Å². The summed E-state index contributed by atoms with van der Waals surface area (Å²) in [5, 5.41) is 13.0. The first-order valence-corrected chi connectivity index (χ1v) is 6.90. The van der Waals surface area contributed by atoms with E-state index in [1.54, 1.807) is 19.2 Å². The first-order chi connectivity index (χ1) is 7.61. The molecule has 1 aromatic rings. The quantitative estimate of drug-likeness (QED) is 0.808. The minimum Gasteiger partial charge on any atom is -0.391 e. The van der Waals surface area contributed by atoms with Crippen LogP contribution < -0.4 is 5.32 Å². The molecule has 1 aromatic carbocycles. The van der Waals surface area contributed by atoms with E-state index < -0.39 is 16.9 Å². The number of benzene rings is 1. The molecule has 2 unspecified atom stereocenters. The maximum Gasteiger partial charge on any atom is 0.0779 e. The maximum absolute atomic E-state index is 11.7. The van der Waals surface area contributed by atoms with E-state index in [2.05, 4.69) is 5.32 Å². The summed E-state index contributed by atoms with van der Waals surface area (Å²) in [6.45, 7) is 0.465. The van der Waals surface area contributed by atoms with Crippen molar-refractivity contribution < 1.29 is 9.32 Å². The fourth-order valence-corrected chi connectivity index (χ4v) is 2.69. The molecule has 0 radical (unpaired) electrons. The Kier molecular flexibility index (Phi) is 5.98. The summed E-state index contributed by atoms with van der Waals surface area (Å²) in [7, 11) is 0.713. The number of nitrogens with one attached hydrogen (secondary N) is 1. The molecule has 2 N–H and O–H groups in total. The van der Waals surface area contributed by atoms with Gasteiger partial charge in [-0.2, -0.15) is 0 Å². The number of aliphatic hydroxyl groups excluding tert-OH is 1. The molecule has 1 rings (SSSR count). The van der Waals surface area contributed by atoms with Gasteiger partial charge in [0, 0.05) is 28.1 Å². The number of hydrogen-bond donors (Lipinski definition) is 2. The van der Waals surface area contributed by atoms with Gasteiger partial charge in [-0.3, -0.25) is 4.21 Å². The highest BCUT2D eigenvalue weighted by Crippen LogP contribution is 2.11. The molecule has 16 heavy (non-hydrogen) atoms. The molecule has 3 nitrogen and oxygen atoms in total. The van der Waals surface area contributed by atoms with E-state index in [0.29, 0.717) is 23.1 Å². The lowest BCUT2D eigenvalue weighted by Gasteiger charge is -2.09. The second-order valence-electron chi connectivity index (χ2n) is 3.59. The molecule has 0 saturated carbocycles. The van der Waals surface area contributed by atoms with Crippen LogP contribution in [0.3, 0.4) is 0 Å². The van der Waals surface area contributed by atoms with Crippen LogP contribution in [0.4, 0.5) is 0 Å². The smallest absolute Gasteiger partial charge is 0.0779 e. The van der Waals surface area contributed by atoms with Crippen LogP contribution in [0.25, 0.3) is 0 Å². The Hall–Kier alpha value is -0.420. The van der Waals surface area contributed by atoms with Crippen molar-refractivity contribution in [3.05, 3.63) is 34.9 Å². The summed E-state index contributed by atoms with van der Waals surface area (Å²) in [5.41, 5.74) is 0.972. The van der Waals surface area contributed by atoms with E-state index >= 15 is 0 Å². The Balaban J connectivity index is 2.42. The van der Waals surface area contributed by atoms with Gasteiger partial charge in [0.1, 0.15) is 0 Å². The molecule has 0 fully saturated rings. The van der Waals surface area contributed by atoms with Gasteiger partial charge in [0.15, 0.2) is 0 Å². The van der Waals surface area contributed by atoms with Gasteiger partial charge in [-0.05, 0) is 24.7 Å². The molecule has 0 bridgehead atoms. The molecule has 0 amide bonds. The van der Waals surface area contributed by atoms with Crippen LogP contribution in [0, 0.1) is 0 Å². The Labute approximate surface area is 103 Å². The van der Waals surface area contributed by atoms with Crippen LogP contribution >= 0.6 is 11.6 Å². The first-order valence-electron chi connectivity index (χ1n) is 5.04. The van der Waals surface area contributed by atoms with E-state index in [9.17, 15) is 9.32 Å². The number of likely N-dealkylation sites (N-methyl/N-ethyl adjacent to an activating group) is 1. The first kappa shape index (κ1) is 13.6. The SMILES string of the molecule is CNCC(O)CS(=O)Cc1ccc(Cl)cc1. The third-order valence-electron chi connectivity index (χ3n) is 2.06. The molecule has 0 saturated heterocycles. The van der Waals surface area contributed by atoms with Crippen molar-refractivity contribution >= 4 is 22.4 Å². The minimum absolute atomic E-state index is 0.295. The Bertz CT molecular complexity index is 342. The van der Waals surface area contributed by atoms with E-state index in [1.165, 1.54) is 0 Å². The summed E-state index contributed by atoms with van der Waals surface area (Å²) in [6, 6.07) is 7.26. The van der Waals surface area contributed by atoms with Crippen molar-refractivity contribution in [1.82, 2.24) is 5.32 Å². The number of aliphatic hydroxyl groups is 1. The molecule has 0 spiro atoms. The van der Waals surface area contributed by atoms with Crippen molar-refractivity contribution in [2.45, 2.75) is 11.9 Å². The molecule has 5 heteroatoms. The van der Waals surface area contributed by atoms with E-state index in [1.807, 2.05) is 12.1 Å². The summed E-state index contributed by atoms with van der Waals surface area (Å²) in [5.74, 6) is 0.751. The fourth-order valence-electron chi connectivity index (χ4n) is 1.33. The highest BCUT2D eigenvalue weighted by atomic mass is 35.5. The standard InChI is InChI=1S/C11H16ClNO2S/c1-13-6-11(14)8-16(15)7-9-2-4-10(12)5-3-9/h2-5,11,13-14H,6-8H2,1H3. The highest BCUT2D eigenvalue weighted by molar-refractivity contribution is 7.84. The predicted molar refractivity (Wildman–Crippen MR) is 68.1 cm³/mol. The third kappa shape index (κ3) is 5.07. The van der Waals surface area contributed by atoms with Gasteiger partial charge in [0.2, 0.25) is 0 Å². The zero-order valence-electron chi connectivity index (χ0n) is 9.15. The molecule has 0 aliphatic carbocycles. The molecule has 0 aliphatic heterocycles. The van der Waals surface area contributed by atoms with Gasteiger partial charge in [-0.25, -0.2) is 0 Å². The largest absolute Gasteiger partial charge is 0.391 e. The topological polar surface area (TPSA) is 49.3 Å². The molecular weight excluding hydrogens is 246 g/mol. The zero-order valence-corrected chi connectivity index (χ0v) is 10.7. The average Bonchev–Trinajstić information content (AvgIpc) is 2.21. The molecule has 0 heterocycles. The van der Waals surface area contributed by atoms with E-state index in [4.69, 9.17) is 11.6 Å². The van der Waals surface area contributed by atoms with E-state index in [0.717, 1.165) is 5.56 Å². The molecule has 0 aromatic heterocycles. The van der Waals surface area contributed by atoms with Gasteiger partial charge in [-0.15, -0.1) is 0 Å². The van der Waals surface area contributed by atoms with Gasteiger partial charge in [0.25, 0.3) is 0 Å². The Morgan fingerprint density at radius 2 is 2.06 bits per heavy atom. The lowest BCUT2D eigenvalue weighted by molar-refractivity contribution is 0.198. The highest BCUT2D eigenvalue weighted by Gasteiger charge is 2.09. The zero-order chi connectivity index (χ0) is 12.0. The van der Waals surface area contributed by atoms with Crippen LogP contribution in [-0.4, -0.2) is 34.8 Å². The van der Waals surface area contributed by atoms with Crippen LogP contribution in [-0.2, 0) is 16.6 Å². The van der Waals surface area contributed by atoms with Gasteiger partial charge < -0.3 is 10.4 Å². The second kappa shape index (κ2) is 7.01. The monoisotopic (exact) mass is 261 g/mol. The lowest BCUT2D eigenvalue weighted by Crippen LogP contribution is -2.28.